The number of piperidine rings is 1. The third kappa shape index (κ3) is 8.78. The van der Waals surface area contributed by atoms with Gasteiger partial charge in [-0.15, -0.1) is 35.3 Å². The minimum Gasteiger partial charge on any atom is -0.356 e. The monoisotopic (exact) mass is 507 g/mol. The van der Waals surface area contributed by atoms with Crippen LogP contribution in [0.25, 0.3) is 0 Å². The van der Waals surface area contributed by atoms with Gasteiger partial charge in [0.05, 0.1) is 4.88 Å². The van der Waals surface area contributed by atoms with E-state index in [1.54, 1.807) is 7.05 Å². The number of carbonyl (C=O) groups is 1. The second-order valence-corrected chi connectivity index (χ2v) is 7.55. The molecule has 0 radical (unpaired) electrons. The van der Waals surface area contributed by atoms with Gasteiger partial charge in [-0.05, 0) is 43.7 Å². The minimum atomic E-state index is 0. The van der Waals surface area contributed by atoms with Crippen LogP contribution in [0.15, 0.2) is 22.5 Å². The van der Waals surface area contributed by atoms with Crippen LogP contribution in [-0.4, -0.2) is 62.6 Å². The average molecular weight is 507 g/mol. The van der Waals surface area contributed by atoms with Crippen LogP contribution < -0.4 is 16.0 Å². The number of amides is 1. The molecule has 1 saturated heterocycles. The number of thiophene rings is 1. The molecule has 27 heavy (non-hydrogen) atoms. The Morgan fingerprint density at radius 1 is 1.26 bits per heavy atom. The van der Waals surface area contributed by atoms with Gasteiger partial charge in [-0.25, -0.2) is 0 Å². The van der Waals surface area contributed by atoms with Crippen molar-refractivity contribution in [3.8, 4) is 0 Å². The highest BCUT2D eigenvalue weighted by atomic mass is 127. The first-order chi connectivity index (χ1) is 12.7. The Kier molecular flexibility index (Phi) is 12.7. The molecule has 1 aliphatic heterocycles. The summed E-state index contributed by atoms with van der Waals surface area (Å²) in [5.41, 5.74) is 0. The first-order valence-electron chi connectivity index (χ1n) is 9.75. The van der Waals surface area contributed by atoms with E-state index in [9.17, 15) is 4.79 Å². The molecule has 1 aliphatic rings. The fourth-order valence-corrected chi connectivity index (χ4v) is 3.99. The summed E-state index contributed by atoms with van der Waals surface area (Å²) in [5.74, 6) is 0.842. The summed E-state index contributed by atoms with van der Waals surface area (Å²) < 4.78 is 0. The number of likely N-dealkylation sites (tertiary alicyclic amines) is 1. The van der Waals surface area contributed by atoms with E-state index in [-0.39, 0.29) is 29.9 Å². The number of aliphatic imine (C=N–C) groups is 1. The molecule has 1 aromatic rings. The highest BCUT2D eigenvalue weighted by Gasteiger charge is 2.19. The number of hydrogen-bond donors (Lipinski definition) is 3. The van der Waals surface area contributed by atoms with Crippen molar-refractivity contribution in [3.05, 3.63) is 22.4 Å². The van der Waals surface area contributed by atoms with Crippen molar-refractivity contribution in [1.29, 1.82) is 0 Å². The molecule has 1 fully saturated rings. The second-order valence-electron chi connectivity index (χ2n) is 6.61. The zero-order chi connectivity index (χ0) is 18.6. The Morgan fingerprint density at radius 3 is 2.74 bits per heavy atom. The maximum absolute atomic E-state index is 11.8. The summed E-state index contributed by atoms with van der Waals surface area (Å²) in [7, 11) is 1.80. The summed E-state index contributed by atoms with van der Waals surface area (Å²) in [6, 6.07) is 4.48. The zero-order valence-corrected chi connectivity index (χ0v) is 19.6. The van der Waals surface area contributed by atoms with Gasteiger partial charge >= 0.3 is 0 Å². The van der Waals surface area contributed by atoms with Crippen molar-refractivity contribution in [2.75, 3.05) is 39.8 Å². The lowest BCUT2D eigenvalue weighted by molar-refractivity contribution is 0.0957. The van der Waals surface area contributed by atoms with E-state index >= 15 is 0 Å². The summed E-state index contributed by atoms with van der Waals surface area (Å²) in [6.45, 7) is 6.92. The van der Waals surface area contributed by atoms with E-state index in [1.165, 1.54) is 43.6 Å². The van der Waals surface area contributed by atoms with Gasteiger partial charge in [-0.3, -0.25) is 14.7 Å². The Hall–Kier alpha value is -0.870. The van der Waals surface area contributed by atoms with Gasteiger partial charge in [0.1, 0.15) is 0 Å². The highest BCUT2D eigenvalue weighted by Crippen LogP contribution is 2.18. The third-order valence-corrected chi connectivity index (χ3v) is 5.68. The lowest BCUT2D eigenvalue weighted by Crippen LogP contribution is -2.46. The van der Waals surface area contributed by atoms with Crippen LogP contribution in [0.5, 0.6) is 0 Å². The molecule has 154 valence electrons. The van der Waals surface area contributed by atoms with E-state index in [2.05, 4.69) is 32.8 Å². The van der Waals surface area contributed by atoms with Gasteiger partial charge in [0.2, 0.25) is 0 Å². The standard InChI is InChI=1S/C19H33N5OS.HI/c1-3-16-8-4-5-13-24(16)14-12-23-19(20-2)22-11-7-10-21-18(25)17-9-6-15-26-17;/h6,9,15-16H,3-5,7-8,10-14H2,1-2H3,(H,21,25)(H2,20,22,23);1H. The topological polar surface area (TPSA) is 68.8 Å². The Bertz CT molecular complexity index is 552. The molecule has 1 unspecified atom stereocenters. The van der Waals surface area contributed by atoms with E-state index in [1.807, 2.05) is 17.5 Å². The normalized spacial score (nSPS) is 17.9. The Labute approximate surface area is 184 Å². The maximum atomic E-state index is 11.8. The Morgan fingerprint density at radius 2 is 2.04 bits per heavy atom. The van der Waals surface area contributed by atoms with Crippen LogP contribution in [0.4, 0.5) is 0 Å². The Balaban J connectivity index is 0.00000364. The van der Waals surface area contributed by atoms with Crippen LogP contribution in [0.3, 0.4) is 0 Å². The summed E-state index contributed by atoms with van der Waals surface area (Å²) in [4.78, 5) is 19.5. The van der Waals surface area contributed by atoms with Crippen LogP contribution in [0.2, 0.25) is 0 Å². The molecule has 1 aromatic heterocycles. The minimum absolute atomic E-state index is 0. The predicted octanol–water partition coefficient (Wildman–Crippen LogP) is 2.92. The molecule has 0 aromatic carbocycles. The van der Waals surface area contributed by atoms with Crippen LogP contribution in [-0.2, 0) is 0 Å². The molecule has 0 saturated carbocycles. The number of guanidine groups is 1. The number of halogens is 1. The van der Waals surface area contributed by atoms with Crippen LogP contribution >= 0.6 is 35.3 Å². The van der Waals surface area contributed by atoms with Crippen LogP contribution in [0, 0.1) is 0 Å². The highest BCUT2D eigenvalue weighted by molar-refractivity contribution is 14.0. The van der Waals surface area contributed by atoms with Crippen molar-refractivity contribution in [3.63, 3.8) is 0 Å². The molecule has 6 nitrogen and oxygen atoms in total. The second kappa shape index (κ2) is 14.2. The quantitative estimate of drug-likeness (QED) is 0.208. The average Bonchev–Trinajstić information content (AvgIpc) is 3.21. The summed E-state index contributed by atoms with van der Waals surface area (Å²) in [5, 5.41) is 11.6. The lowest BCUT2D eigenvalue weighted by atomic mass is 10.0. The van der Waals surface area contributed by atoms with Gasteiger partial charge in [0.25, 0.3) is 5.91 Å². The van der Waals surface area contributed by atoms with E-state index < -0.39 is 0 Å². The largest absolute Gasteiger partial charge is 0.356 e. The van der Waals surface area contributed by atoms with Crippen molar-refractivity contribution >= 4 is 47.2 Å². The molecule has 0 aliphatic carbocycles. The SMILES string of the molecule is CCC1CCCCN1CCNC(=NC)NCCCNC(=O)c1cccs1.I. The van der Waals surface area contributed by atoms with Crippen molar-refractivity contribution in [2.24, 2.45) is 4.99 Å². The van der Waals surface area contributed by atoms with Gasteiger partial charge in [-0.1, -0.05) is 19.4 Å². The van der Waals surface area contributed by atoms with Crippen molar-refractivity contribution < 1.29 is 4.79 Å². The molecular weight excluding hydrogens is 473 g/mol. The molecule has 0 bridgehead atoms. The van der Waals surface area contributed by atoms with Crippen molar-refractivity contribution in [1.82, 2.24) is 20.9 Å². The molecule has 1 amide bonds. The van der Waals surface area contributed by atoms with Gasteiger partial charge < -0.3 is 16.0 Å². The van der Waals surface area contributed by atoms with E-state index in [0.29, 0.717) is 6.54 Å². The molecule has 2 heterocycles. The first-order valence-corrected chi connectivity index (χ1v) is 10.6. The fourth-order valence-electron chi connectivity index (χ4n) is 3.35. The van der Waals surface area contributed by atoms with Gasteiger partial charge in [0, 0.05) is 39.3 Å². The van der Waals surface area contributed by atoms with Crippen molar-refractivity contribution in [2.45, 2.75) is 45.1 Å². The lowest BCUT2D eigenvalue weighted by Gasteiger charge is -2.35. The number of nitrogens with one attached hydrogen (secondary N) is 3. The predicted molar refractivity (Wildman–Crippen MR) is 126 cm³/mol. The van der Waals surface area contributed by atoms with Gasteiger partial charge in [-0.2, -0.15) is 0 Å². The smallest absolute Gasteiger partial charge is 0.261 e. The van der Waals surface area contributed by atoms with E-state index in [0.717, 1.165) is 42.9 Å². The van der Waals surface area contributed by atoms with E-state index in [4.69, 9.17) is 0 Å². The molecule has 0 spiro atoms. The van der Waals surface area contributed by atoms with Crippen LogP contribution in [0.1, 0.15) is 48.7 Å². The molecule has 3 N–H and O–H groups in total. The zero-order valence-electron chi connectivity index (χ0n) is 16.5. The third-order valence-electron chi connectivity index (χ3n) is 4.81. The molecular formula is C19H34IN5OS. The molecule has 8 heteroatoms. The summed E-state index contributed by atoms with van der Waals surface area (Å²) in [6.07, 6.45) is 6.13. The number of carbonyl (C=O) groups excluding carboxylic acids is 1. The maximum Gasteiger partial charge on any atom is 0.261 e. The fraction of sp³-hybridized carbons (Fsp3) is 0.684. The number of nitrogens with zero attached hydrogens (tertiary/aromatic N) is 2. The molecule has 1 atom stereocenters. The first kappa shape index (κ1) is 24.2. The summed E-state index contributed by atoms with van der Waals surface area (Å²) >= 11 is 1.46. The molecule has 2 rings (SSSR count). The number of hydrogen-bond acceptors (Lipinski definition) is 4. The number of rotatable bonds is 9. The van der Waals surface area contributed by atoms with Gasteiger partial charge in [0.15, 0.2) is 5.96 Å².